The highest BCUT2D eigenvalue weighted by Crippen LogP contribution is 2.41. The van der Waals surface area contributed by atoms with Crippen molar-refractivity contribution in [2.45, 2.75) is 46.6 Å². The second-order valence-electron chi connectivity index (χ2n) is 8.42. The van der Waals surface area contributed by atoms with E-state index >= 15 is 0 Å². The van der Waals surface area contributed by atoms with Gasteiger partial charge in [-0.1, -0.05) is 55.8 Å². The summed E-state index contributed by atoms with van der Waals surface area (Å²) in [5, 5.41) is 10.7. The van der Waals surface area contributed by atoms with Crippen LogP contribution in [0.15, 0.2) is 59.9 Å². The van der Waals surface area contributed by atoms with Crippen molar-refractivity contribution in [3.63, 3.8) is 0 Å². The van der Waals surface area contributed by atoms with Crippen LogP contribution in [0.1, 0.15) is 49.9 Å². The van der Waals surface area contributed by atoms with Gasteiger partial charge in [-0.15, -0.1) is 0 Å². The zero-order valence-corrected chi connectivity index (χ0v) is 18.9. The summed E-state index contributed by atoms with van der Waals surface area (Å²) in [6, 6.07) is 13.8. The zero-order valence-electron chi connectivity index (χ0n) is 18.9. The van der Waals surface area contributed by atoms with Crippen LogP contribution in [0.2, 0.25) is 0 Å². The zero-order chi connectivity index (χ0) is 23.4. The number of anilines is 1. The minimum atomic E-state index is -0.718. The molecule has 1 amide bonds. The van der Waals surface area contributed by atoms with Gasteiger partial charge in [-0.3, -0.25) is 19.3 Å². The summed E-state index contributed by atoms with van der Waals surface area (Å²) < 4.78 is 4.98. The van der Waals surface area contributed by atoms with E-state index in [4.69, 9.17) is 4.74 Å². The van der Waals surface area contributed by atoms with Gasteiger partial charge in [-0.25, -0.2) is 0 Å². The van der Waals surface area contributed by atoms with Crippen LogP contribution in [0.5, 0.6) is 0 Å². The van der Waals surface area contributed by atoms with E-state index in [9.17, 15) is 19.5 Å². The van der Waals surface area contributed by atoms with E-state index in [0.29, 0.717) is 12.3 Å². The first-order chi connectivity index (χ1) is 15.2. The highest BCUT2D eigenvalue weighted by Gasteiger charge is 2.44. The second kappa shape index (κ2) is 9.81. The lowest BCUT2D eigenvalue weighted by Gasteiger charge is -2.27. The van der Waals surface area contributed by atoms with Gasteiger partial charge in [0.1, 0.15) is 0 Å². The van der Waals surface area contributed by atoms with Crippen molar-refractivity contribution in [1.29, 1.82) is 0 Å². The lowest BCUT2D eigenvalue weighted by Crippen LogP contribution is -2.31. The van der Waals surface area contributed by atoms with Gasteiger partial charge in [0.25, 0.3) is 5.91 Å². The molecule has 168 valence electrons. The molecule has 6 heteroatoms. The Bertz CT molecular complexity index is 1050. The molecule has 0 spiro atoms. The number of carbonyl (C=O) groups excluding carboxylic acids is 3. The van der Waals surface area contributed by atoms with E-state index in [1.165, 1.54) is 4.90 Å². The SMILES string of the molecule is CCOC(=O)Cc1ccc(N2C(=O)C(O)=C(C(=O)CC(C)C)C2c2cccc(C)c2)cc1. The Morgan fingerprint density at radius 3 is 2.41 bits per heavy atom. The van der Waals surface area contributed by atoms with E-state index in [1.54, 1.807) is 31.2 Å². The third-order valence-corrected chi connectivity index (χ3v) is 5.33. The number of hydrogen-bond acceptors (Lipinski definition) is 5. The summed E-state index contributed by atoms with van der Waals surface area (Å²) in [5.41, 5.74) is 3.16. The largest absolute Gasteiger partial charge is 0.503 e. The number of hydrogen-bond donors (Lipinski definition) is 1. The van der Waals surface area contributed by atoms with E-state index < -0.39 is 17.7 Å². The molecule has 3 rings (SSSR count). The van der Waals surface area contributed by atoms with E-state index in [0.717, 1.165) is 16.7 Å². The van der Waals surface area contributed by atoms with Crippen molar-refractivity contribution in [3.05, 3.63) is 76.6 Å². The number of benzene rings is 2. The van der Waals surface area contributed by atoms with Gasteiger partial charge < -0.3 is 9.84 Å². The smallest absolute Gasteiger partial charge is 0.310 e. The molecule has 0 saturated heterocycles. The number of aliphatic hydroxyl groups is 1. The molecule has 32 heavy (non-hydrogen) atoms. The molecule has 1 aliphatic heterocycles. The Labute approximate surface area is 188 Å². The number of ether oxygens (including phenoxy) is 1. The van der Waals surface area contributed by atoms with E-state index in [-0.39, 0.29) is 36.1 Å². The Morgan fingerprint density at radius 1 is 1.12 bits per heavy atom. The quantitative estimate of drug-likeness (QED) is 0.612. The Morgan fingerprint density at radius 2 is 1.81 bits per heavy atom. The maximum Gasteiger partial charge on any atom is 0.310 e. The highest BCUT2D eigenvalue weighted by atomic mass is 16.5. The van der Waals surface area contributed by atoms with Gasteiger partial charge in [0.2, 0.25) is 0 Å². The predicted molar refractivity (Wildman–Crippen MR) is 122 cm³/mol. The van der Waals surface area contributed by atoms with Gasteiger partial charge in [-0.2, -0.15) is 0 Å². The fraction of sp³-hybridized carbons (Fsp3) is 0.346. The molecule has 2 aromatic rings. The lowest BCUT2D eigenvalue weighted by atomic mass is 9.91. The number of amides is 1. The summed E-state index contributed by atoms with van der Waals surface area (Å²) in [4.78, 5) is 39.4. The molecule has 0 aliphatic carbocycles. The predicted octanol–water partition coefficient (Wildman–Crippen LogP) is 4.62. The molecule has 0 aromatic heterocycles. The van der Waals surface area contributed by atoms with Crippen molar-refractivity contribution >= 4 is 23.3 Å². The van der Waals surface area contributed by atoms with Gasteiger partial charge in [0, 0.05) is 12.1 Å². The van der Waals surface area contributed by atoms with Crippen LogP contribution in [0.3, 0.4) is 0 Å². The first kappa shape index (κ1) is 23.3. The Kier molecular flexibility index (Phi) is 7.13. The van der Waals surface area contributed by atoms with Crippen molar-refractivity contribution in [3.8, 4) is 0 Å². The summed E-state index contributed by atoms with van der Waals surface area (Å²) in [6.07, 6.45) is 0.367. The average molecular weight is 436 g/mol. The maximum absolute atomic E-state index is 13.1. The summed E-state index contributed by atoms with van der Waals surface area (Å²) >= 11 is 0. The fourth-order valence-corrected chi connectivity index (χ4v) is 3.95. The minimum Gasteiger partial charge on any atom is -0.503 e. The molecule has 1 atom stereocenters. The Hall–Kier alpha value is -3.41. The number of carbonyl (C=O) groups is 3. The van der Waals surface area contributed by atoms with Gasteiger partial charge in [-0.05, 0) is 43.0 Å². The number of aliphatic hydroxyl groups excluding tert-OH is 1. The molecule has 0 radical (unpaired) electrons. The van der Waals surface area contributed by atoms with Crippen LogP contribution in [-0.2, 0) is 25.5 Å². The first-order valence-electron chi connectivity index (χ1n) is 10.8. The number of aryl methyl sites for hydroxylation is 1. The number of ketones is 1. The van der Waals surface area contributed by atoms with Crippen LogP contribution in [0.25, 0.3) is 0 Å². The van der Waals surface area contributed by atoms with Crippen molar-refractivity contribution in [2.24, 2.45) is 5.92 Å². The summed E-state index contributed by atoms with van der Waals surface area (Å²) in [5.74, 6) is -1.58. The van der Waals surface area contributed by atoms with Crippen LogP contribution in [0, 0.1) is 12.8 Å². The Balaban J connectivity index is 2.01. The van der Waals surface area contributed by atoms with Crippen LogP contribution in [-0.4, -0.2) is 29.4 Å². The standard InChI is InChI=1S/C26H29NO5/c1-5-32-22(29)15-18-9-11-20(12-10-18)27-24(19-8-6-7-17(4)14-19)23(25(30)26(27)31)21(28)13-16(2)3/h6-12,14,16,24,30H,5,13,15H2,1-4H3. The summed E-state index contributed by atoms with van der Waals surface area (Å²) in [6.45, 7) is 7.86. The van der Waals surface area contributed by atoms with Crippen molar-refractivity contribution in [2.75, 3.05) is 11.5 Å². The van der Waals surface area contributed by atoms with E-state index in [2.05, 4.69) is 0 Å². The third-order valence-electron chi connectivity index (χ3n) is 5.33. The van der Waals surface area contributed by atoms with Crippen LogP contribution >= 0.6 is 0 Å². The number of rotatable bonds is 8. The molecule has 1 aliphatic rings. The molecule has 1 unspecified atom stereocenters. The van der Waals surface area contributed by atoms with Crippen molar-refractivity contribution < 1.29 is 24.2 Å². The normalized spacial score (nSPS) is 16.1. The van der Waals surface area contributed by atoms with Gasteiger partial charge in [0.05, 0.1) is 24.6 Å². The average Bonchev–Trinajstić information content (AvgIpc) is 2.99. The van der Waals surface area contributed by atoms with E-state index in [1.807, 2.05) is 45.0 Å². The van der Waals surface area contributed by atoms with Gasteiger partial charge >= 0.3 is 5.97 Å². The molecule has 6 nitrogen and oxygen atoms in total. The van der Waals surface area contributed by atoms with Crippen LogP contribution < -0.4 is 4.90 Å². The third kappa shape index (κ3) is 4.90. The molecule has 2 aromatic carbocycles. The van der Waals surface area contributed by atoms with Gasteiger partial charge in [0.15, 0.2) is 11.5 Å². The van der Waals surface area contributed by atoms with Crippen LogP contribution in [0.4, 0.5) is 5.69 Å². The fourth-order valence-electron chi connectivity index (χ4n) is 3.95. The first-order valence-corrected chi connectivity index (χ1v) is 10.8. The maximum atomic E-state index is 13.1. The monoisotopic (exact) mass is 435 g/mol. The lowest BCUT2D eigenvalue weighted by molar-refractivity contribution is -0.142. The topological polar surface area (TPSA) is 83.9 Å². The number of Topliss-reactive ketones (excluding diaryl/α,β-unsaturated/α-hetero) is 1. The summed E-state index contributed by atoms with van der Waals surface area (Å²) in [7, 11) is 0. The number of nitrogens with zero attached hydrogens (tertiary/aromatic N) is 1. The molecule has 0 bridgehead atoms. The minimum absolute atomic E-state index is 0.0901. The molecule has 1 N–H and O–H groups in total. The highest BCUT2D eigenvalue weighted by molar-refractivity contribution is 6.16. The number of esters is 1. The molecular formula is C26H29NO5. The van der Waals surface area contributed by atoms with Crippen molar-refractivity contribution in [1.82, 2.24) is 0 Å². The molecule has 1 heterocycles. The molecular weight excluding hydrogens is 406 g/mol. The second-order valence-corrected chi connectivity index (χ2v) is 8.42. The molecule has 0 saturated carbocycles. The molecule has 0 fully saturated rings.